The van der Waals surface area contributed by atoms with Crippen molar-refractivity contribution >= 4 is 33.4 Å². The molecule has 5 rings (SSSR count). The quantitative estimate of drug-likeness (QED) is 0.0363. The fourth-order valence-corrected chi connectivity index (χ4v) is 11.5. The number of ether oxygens (including phenoxy) is 3. The number of carbonyl (C=O) groups excluding carboxylic acids is 2. The molecule has 0 spiro atoms. The summed E-state index contributed by atoms with van der Waals surface area (Å²) in [5, 5.41) is 30.3. The highest BCUT2D eigenvalue weighted by molar-refractivity contribution is 7.89. The molecule has 68 heavy (non-hydrogen) atoms. The largest absolute Gasteiger partial charge is 0.460 e. The number of fused-ring (bicyclic) bond motifs is 2. The molecule has 4 N–H and O–H groups in total. The van der Waals surface area contributed by atoms with Crippen molar-refractivity contribution in [1.82, 2.24) is 9.62 Å². The SMILES string of the molecule is C=CCOC12Oc3ccc(OC(=O)NCCCCCCCCCCCC)cc3C3C(CCCCO)C(CCCCO)C=C(C(=NOC(C)(C)C)CC1N(C)S(=O)(=O)c1ccc(NC(C)=O)cc1)C32. The topological polar surface area (TPSA) is 185 Å². The second-order valence-corrected chi connectivity index (χ2v) is 21.7. The Balaban J connectivity index is 1.58. The van der Waals surface area contributed by atoms with Gasteiger partial charge in [0.2, 0.25) is 21.7 Å². The second kappa shape index (κ2) is 26.1. The van der Waals surface area contributed by atoms with Gasteiger partial charge in [-0.3, -0.25) is 4.79 Å². The van der Waals surface area contributed by atoms with Crippen molar-refractivity contribution in [3.63, 3.8) is 0 Å². The molecule has 1 heterocycles. The summed E-state index contributed by atoms with van der Waals surface area (Å²) in [6.07, 6.45) is 19.5. The van der Waals surface area contributed by atoms with Gasteiger partial charge in [0.25, 0.3) is 0 Å². The average Bonchev–Trinajstić information content (AvgIpc) is 3.30. The van der Waals surface area contributed by atoms with E-state index in [-0.39, 0.29) is 54.8 Å². The highest BCUT2D eigenvalue weighted by Crippen LogP contribution is 2.62. The molecule has 3 aliphatic rings. The highest BCUT2D eigenvalue weighted by Gasteiger charge is 2.65. The molecule has 0 radical (unpaired) electrons. The van der Waals surface area contributed by atoms with E-state index in [2.05, 4.69) is 30.2 Å². The Bertz CT molecular complexity index is 2120. The Kier molecular flexibility index (Phi) is 21.0. The van der Waals surface area contributed by atoms with Crippen LogP contribution < -0.4 is 20.1 Å². The van der Waals surface area contributed by atoms with Gasteiger partial charge in [-0.15, -0.1) is 6.58 Å². The Labute approximate surface area is 406 Å². The van der Waals surface area contributed by atoms with Crippen molar-refractivity contribution in [2.75, 3.05) is 38.7 Å². The van der Waals surface area contributed by atoms with Crippen molar-refractivity contribution in [2.24, 2.45) is 22.9 Å². The van der Waals surface area contributed by atoms with E-state index in [1.807, 2.05) is 26.8 Å². The molecule has 1 fully saturated rings. The molecule has 1 aliphatic heterocycles. The van der Waals surface area contributed by atoms with Crippen LogP contribution in [0.3, 0.4) is 0 Å². The summed E-state index contributed by atoms with van der Waals surface area (Å²) >= 11 is 0. The third-order valence-electron chi connectivity index (χ3n) is 13.4. The van der Waals surface area contributed by atoms with Gasteiger partial charge in [0.05, 0.1) is 29.2 Å². The number of nitrogens with zero attached hydrogens (tertiary/aromatic N) is 2. The maximum absolute atomic E-state index is 14.9. The summed E-state index contributed by atoms with van der Waals surface area (Å²) in [7, 11) is -2.74. The van der Waals surface area contributed by atoms with Crippen LogP contribution in [0, 0.1) is 17.8 Å². The number of amides is 2. The molecular formula is C53H80N4O10S. The number of likely N-dealkylation sites (N-methyl/N-ethyl adjacent to an activating group) is 1. The van der Waals surface area contributed by atoms with Crippen molar-refractivity contribution < 1.29 is 47.3 Å². The van der Waals surface area contributed by atoms with Crippen LogP contribution in [0.4, 0.5) is 10.5 Å². The van der Waals surface area contributed by atoms with Gasteiger partial charge in [-0.2, -0.15) is 4.31 Å². The van der Waals surface area contributed by atoms with Gasteiger partial charge < -0.3 is 39.9 Å². The van der Waals surface area contributed by atoms with E-state index in [4.69, 9.17) is 24.2 Å². The number of aliphatic hydroxyl groups excluding tert-OH is 2. The molecule has 6 atom stereocenters. The summed E-state index contributed by atoms with van der Waals surface area (Å²) < 4.78 is 51.2. The standard InChI is InChI=1S/C53H80N4O10S/c1-8-10-11-12-13-14-15-16-17-20-31-54-51(61)65-41-27-30-47-45(36-41)49-43(24-19-22-33-59)39(23-18-21-32-58)35-44-46(56-67-52(4,5)6)37-48(53(66-47,50(44)49)64-34-9-2)57(7)68(62,63)42-28-25-40(26-29-42)55-38(3)60/h9,25-30,35-36,39,43,48-50,58-59H,2,8,10-24,31-34,37H2,1,3-7H3,(H,54,61)(H,55,60). The minimum absolute atomic E-state index is 0.00852. The molecule has 0 bridgehead atoms. The van der Waals surface area contributed by atoms with Gasteiger partial charge >= 0.3 is 6.09 Å². The minimum atomic E-state index is -4.26. The molecule has 2 aromatic carbocycles. The summed E-state index contributed by atoms with van der Waals surface area (Å²) in [6, 6.07) is 10.4. The lowest BCUT2D eigenvalue weighted by atomic mass is 9.55. The lowest BCUT2D eigenvalue weighted by Crippen LogP contribution is -2.69. The minimum Gasteiger partial charge on any atom is -0.460 e. The van der Waals surface area contributed by atoms with Crippen LogP contribution >= 0.6 is 0 Å². The van der Waals surface area contributed by atoms with Gasteiger partial charge in [0, 0.05) is 57.3 Å². The Morgan fingerprint density at radius 3 is 2.19 bits per heavy atom. The van der Waals surface area contributed by atoms with E-state index in [0.29, 0.717) is 48.7 Å². The molecule has 2 amide bonds. The van der Waals surface area contributed by atoms with Crippen LogP contribution in [0.2, 0.25) is 0 Å². The summed E-state index contributed by atoms with van der Waals surface area (Å²) in [6.45, 7) is 13.9. The smallest absolute Gasteiger partial charge is 0.412 e. The van der Waals surface area contributed by atoms with Crippen LogP contribution in [0.15, 0.2) is 76.8 Å². The molecule has 1 saturated carbocycles. The molecule has 0 aromatic heterocycles. The van der Waals surface area contributed by atoms with Gasteiger partial charge in [-0.1, -0.05) is 94.9 Å². The van der Waals surface area contributed by atoms with E-state index in [1.54, 1.807) is 30.3 Å². The number of allylic oxidation sites excluding steroid dienone is 1. The number of sulfonamides is 1. The Morgan fingerprint density at radius 1 is 0.926 bits per heavy atom. The van der Waals surface area contributed by atoms with Gasteiger partial charge in [0.15, 0.2) is 0 Å². The first-order valence-corrected chi connectivity index (χ1v) is 26.6. The fraction of sp³-hybridized carbons (Fsp3) is 0.642. The van der Waals surface area contributed by atoms with Crippen molar-refractivity contribution in [1.29, 1.82) is 0 Å². The van der Waals surface area contributed by atoms with Crippen LogP contribution in [0.1, 0.15) is 155 Å². The average molecular weight is 965 g/mol. The van der Waals surface area contributed by atoms with Crippen molar-refractivity contribution in [2.45, 2.75) is 172 Å². The van der Waals surface area contributed by atoms with Crippen LogP contribution in [0.5, 0.6) is 11.5 Å². The molecule has 378 valence electrons. The number of anilines is 1. The molecule has 2 aliphatic carbocycles. The van der Waals surface area contributed by atoms with Gasteiger partial charge in [-0.25, -0.2) is 13.2 Å². The van der Waals surface area contributed by atoms with Crippen LogP contribution in [0.25, 0.3) is 0 Å². The molecule has 15 heteroatoms. The van der Waals surface area contributed by atoms with Gasteiger partial charge in [-0.05, 0) is 113 Å². The number of benzene rings is 2. The fourth-order valence-electron chi connectivity index (χ4n) is 10.2. The van der Waals surface area contributed by atoms with E-state index in [0.717, 1.165) is 49.7 Å². The third kappa shape index (κ3) is 14.4. The zero-order chi connectivity index (χ0) is 49.3. The Hall–Kier alpha value is -4.28. The zero-order valence-corrected chi connectivity index (χ0v) is 42.4. The number of carbonyl (C=O) groups is 2. The lowest BCUT2D eigenvalue weighted by molar-refractivity contribution is -0.250. The first kappa shape index (κ1) is 54.7. The lowest BCUT2D eigenvalue weighted by Gasteiger charge is -2.59. The third-order valence-corrected chi connectivity index (χ3v) is 15.3. The molecular weight excluding hydrogens is 885 g/mol. The summed E-state index contributed by atoms with van der Waals surface area (Å²) in [5.41, 5.74) is 1.95. The summed E-state index contributed by atoms with van der Waals surface area (Å²) in [4.78, 5) is 31.3. The zero-order valence-electron chi connectivity index (χ0n) is 41.6. The second-order valence-electron chi connectivity index (χ2n) is 19.7. The maximum Gasteiger partial charge on any atom is 0.412 e. The van der Waals surface area contributed by atoms with Crippen molar-refractivity contribution in [3.05, 3.63) is 72.3 Å². The van der Waals surface area contributed by atoms with E-state index in [1.165, 1.54) is 75.4 Å². The monoisotopic (exact) mass is 965 g/mol. The number of unbranched alkanes of at least 4 members (excludes halogenated alkanes) is 11. The number of nitrogens with one attached hydrogen (secondary N) is 2. The maximum atomic E-state index is 14.9. The van der Waals surface area contributed by atoms with E-state index in [9.17, 15) is 28.2 Å². The number of oxime groups is 1. The van der Waals surface area contributed by atoms with Gasteiger partial charge in [0.1, 0.15) is 17.1 Å². The molecule has 0 saturated heterocycles. The predicted molar refractivity (Wildman–Crippen MR) is 267 cm³/mol. The predicted octanol–water partition coefficient (Wildman–Crippen LogP) is 10.4. The molecule has 2 aromatic rings. The van der Waals surface area contributed by atoms with Crippen LogP contribution in [-0.2, 0) is 24.4 Å². The molecule has 6 unspecified atom stereocenters. The number of hydrogen-bond donors (Lipinski definition) is 4. The van der Waals surface area contributed by atoms with Crippen molar-refractivity contribution in [3.8, 4) is 11.5 Å². The first-order valence-electron chi connectivity index (χ1n) is 25.2. The highest BCUT2D eigenvalue weighted by atomic mass is 32.2. The number of aliphatic hydroxyl groups is 2. The summed E-state index contributed by atoms with van der Waals surface area (Å²) in [5.74, 6) is -2.22. The first-order chi connectivity index (χ1) is 32.6. The normalized spacial score (nSPS) is 22.7. The Morgan fingerprint density at radius 2 is 1.57 bits per heavy atom. The van der Waals surface area contributed by atoms with E-state index < -0.39 is 39.5 Å². The number of rotatable bonds is 28. The number of hydrogen-bond acceptors (Lipinski definition) is 11. The molecule has 14 nitrogen and oxygen atoms in total. The van der Waals surface area contributed by atoms with Crippen LogP contribution in [-0.4, -0.2) is 91.5 Å². The van der Waals surface area contributed by atoms with E-state index >= 15 is 0 Å².